The number of carbonyl (C=O) groups is 1. The molecule has 4 nitrogen and oxygen atoms in total. The number of rotatable bonds is 4. The van der Waals surface area contributed by atoms with Gasteiger partial charge in [-0.05, 0) is 35.2 Å². The lowest BCUT2D eigenvalue weighted by molar-refractivity contribution is -0.177. The largest absolute Gasteiger partial charge is 0.465 e. The lowest BCUT2D eigenvalue weighted by Gasteiger charge is -2.30. The minimum atomic E-state index is -4.70. The first-order valence-electron chi connectivity index (χ1n) is 8.99. The number of nitrogens with zero attached hydrogens (tertiary/aromatic N) is 1. The van der Waals surface area contributed by atoms with Crippen molar-refractivity contribution in [3.63, 3.8) is 0 Å². The second-order valence-electron chi connectivity index (χ2n) is 7.74. The van der Waals surface area contributed by atoms with Gasteiger partial charge in [-0.2, -0.15) is 13.2 Å². The van der Waals surface area contributed by atoms with Crippen LogP contribution in [0.4, 0.5) is 23.7 Å². The highest BCUT2D eigenvalue weighted by atomic mass is 35.5. The second kappa shape index (κ2) is 8.14. The summed E-state index contributed by atoms with van der Waals surface area (Å²) in [6, 6.07) is 11.9. The predicted molar refractivity (Wildman–Crippen MR) is 109 cm³/mol. The summed E-state index contributed by atoms with van der Waals surface area (Å²) in [5, 5.41) is 12.4. The summed E-state index contributed by atoms with van der Waals surface area (Å²) in [5.41, 5.74) is 3.00. The molecule has 0 bridgehead atoms. The van der Waals surface area contributed by atoms with E-state index in [-0.39, 0.29) is 34.3 Å². The highest BCUT2D eigenvalue weighted by molar-refractivity contribution is 5.85. The van der Waals surface area contributed by atoms with Crippen LogP contribution in [0.2, 0.25) is 0 Å². The van der Waals surface area contributed by atoms with Crippen molar-refractivity contribution < 1.29 is 23.1 Å². The van der Waals surface area contributed by atoms with Gasteiger partial charge in [-0.3, -0.25) is 4.90 Å². The maximum Gasteiger partial charge on any atom is 0.413 e. The molecule has 1 aliphatic rings. The van der Waals surface area contributed by atoms with Crippen LogP contribution in [0.15, 0.2) is 48.5 Å². The monoisotopic (exact) mass is 428 g/mol. The number of fused-ring (bicyclic) bond motifs is 1. The van der Waals surface area contributed by atoms with Gasteiger partial charge >= 0.3 is 12.3 Å². The summed E-state index contributed by atoms with van der Waals surface area (Å²) in [6.07, 6.45) is -5.50. The third kappa shape index (κ3) is 4.45. The van der Waals surface area contributed by atoms with Crippen LogP contribution in [0.3, 0.4) is 0 Å². The van der Waals surface area contributed by atoms with Gasteiger partial charge in [0.05, 0.1) is 0 Å². The minimum Gasteiger partial charge on any atom is -0.465 e. The molecule has 2 N–H and O–H groups in total. The summed E-state index contributed by atoms with van der Waals surface area (Å²) < 4.78 is 40.1. The zero-order valence-corrected chi connectivity index (χ0v) is 17.1. The van der Waals surface area contributed by atoms with E-state index in [2.05, 4.69) is 31.3 Å². The zero-order valence-electron chi connectivity index (χ0n) is 16.3. The molecule has 2 unspecified atom stereocenters. The fourth-order valence-electron chi connectivity index (χ4n) is 3.93. The van der Waals surface area contributed by atoms with E-state index in [4.69, 9.17) is 5.11 Å². The summed E-state index contributed by atoms with van der Waals surface area (Å²) >= 11 is 0. The average Bonchev–Trinajstić information content (AvgIpc) is 2.86. The van der Waals surface area contributed by atoms with Crippen molar-refractivity contribution in [2.24, 2.45) is 0 Å². The molecule has 1 aliphatic carbocycles. The van der Waals surface area contributed by atoms with Gasteiger partial charge in [-0.1, -0.05) is 50.2 Å². The lowest BCUT2D eigenvalue weighted by Crippen LogP contribution is -2.39. The molecule has 2 atom stereocenters. The Kier molecular flexibility index (Phi) is 6.42. The lowest BCUT2D eigenvalue weighted by atomic mass is 9.83. The fourth-order valence-corrected chi connectivity index (χ4v) is 3.93. The Balaban J connectivity index is 0.00000300. The molecule has 0 heterocycles. The van der Waals surface area contributed by atoms with Crippen LogP contribution in [0.1, 0.15) is 36.6 Å². The van der Waals surface area contributed by atoms with Crippen molar-refractivity contribution in [1.82, 2.24) is 4.90 Å². The molecule has 0 spiro atoms. The van der Waals surface area contributed by atoms with Crippen LogP contribution in [0.25, 0.3) is 0 Å². The molecule has 0 fully saturated rings. The van der Waals surface area contributed by atoms with Crippen LogP contribution in [-0.2, 0) is 11.8 Å². The van der Waals surface area contributed by atoms with Crippen molar-refractivity contribution in [3.8, 4) is 0 Å². The van der Waals surface area contributed by atoms with Gasteiger partial charge in [0.25, 0.3) is 0 Å². The number of amides is 1. The Morgan fingerprint density at radius 2 is 1.76 bits per heavy atom. The number of alkyl halides is 3. The van der Waals surface area contributed by atoms with Gasteiger partial charge in [0.1, 0.15) is 0 Å². The van der Waals surface area contributed by atoms with Gasteiger partial charge in [-0.25, -0.2) is 4.79 Å². The van der Waals surface area contributed by atoms with Gasteiger partial charge in [-0.15, -0.1) is 12.4 Å². The molecule has 1 amide bonds. The molecular formula is C21H24ClF3N2O2. The van der Waals surface area contributed by atoms with E-state index in [0.29, 0.717) is 5.69 Å². The summed E-state index contributed by atoms with van der Waals surface area (Å²) in [4.78, 5) is 11.3. The van der Waals surface area contributed by atoms with Crippen LogP contribution < -0.4 is 5.32 Å². The number of benzene rings is 2. The highest BCUT2D eigenvalue weighted by Crippen LogP contribution is 2.41. The maximum absolute atomic E-state index is 13.4. The van der Waals surface area contributed by atoms with E-state index in [1.54, 1.807) is 12.1 Å². The van der Waals surface area contributed by atoms with Crippen molar-refractivity contribution in [3.05, 3.63) is 65.2 Å². The van der Waals surface area contributed by atoms with Gasteiger partial charge in [0.15, 0.2) is 6.04 Å². The van der Waals surface area contributed by atoms with Crippen LogP contribution in [0.5, 0.6) is 0 Å². The number of hydrogen-bond acceptors (Lipinski definition) is 2. The number of anilines is 1. The Labute approximate surface area is 174 Å². The molecule has 0 saturated heterocycles. The fraction of sp³-hybridized carbons (Fsp3) is 0.381. The maximum atomic E-state index is 13.4. The zero-order chi connectivity index (χ0) is 20.7. The smallest absolute Gasteiger partial charge is 0.413 e. The molecule has 2 aromatic carbocycles. The molecule has 158 valence electrons. The van der Waals surface area contributed by atoms with Gasteiger partial charge in [0.2, 0.25) is 0 Å². The summed E-state index contributed by atoms with van der Waals surface area (Å²) in [6.45, 7) is 4.29. The van der Waals surface area contributed by atoms with E-state index in [1.807, 2.05) is 12.1 Å². The van der Waals surface area contributed by atoms with Crippen LogP contribution in [0, 0.1) is 0 Å². The standard InChI is InChI=1S/C21H23F3N2O2.ClH/c1-20(2)16-7-5-4-6-14(16)12-17(20)25-15-10-8-13(9-11-15)18(21(22,23)24)26(3)19(27)28;/h4-11,17-18,25H,12H2,1-3H3,(H,27,28);1H. The number of halogens is 4. The summed E-state index contributed by atoms with van der Waals surface area (Å²) in [5.74, 6) is 0. The molecule has 2 aromatic rings. The minimum absolute atomic E-state index is 0. The molecule has 0 aliphatic heterocycles. The SMILES string of the molecule is CN(C(=O)O)C(c1ccc(NC2Cc3ccccc3C2(C)C)cc1)C(F)(F)F.Cl. The third-order valence-electron chi connectivity index (χ3n) is 5.57. The van der Waals surface area contributed by atoms with E-state index < -0.39 is 18.3 Å². The molecule has 29 heavy (non-hydrogen) atoms. The Morgan fingerprint density at radius 1 is 1.17 bits per heavy atom. The molecule has 0 saturated carbocycles. The molecule has 8 heteroatoms. The van der Waals surface area contributed by atoms with Crippen molar-refractivity contribution in [2.45, 2.75) is 43.9 Å². The normalized spacial score (nSPS) is 18.3. The first-order valence-corrected chi connectivity index (χ1v) is 8.99. The van der Waals surface area contributed by atoms with E-state index >= 15 is 0 Å². The van der Waals surface area contributed by atoms with E-state index in [0.717, 1.165) is 13.5 Å². The third-order valence-corrected chi connectivity index (χ3v) is 5.57. The van der Waals surface area contributed by atoms with Crippen molar-refractivity contribution in [2.75, 3.05) is 12.4 Å². The Morgan fingerprint density at radius 3 is 2.28 bits per heavy atom. The molecule has 0 radical (unpaired) electrons. The van der Waals surface area contributed by atoms with Crippen LogP contribution in [-0.4, -0.2) is 35.4 Å². The predicted octanol–water partition coefficient (Wildman–Crippen LogP) is 5.64. The number of hydrogen-bond donors (Lipinski definition) is 2. The van der Waals surface area contributed by atoms with E-state index in [9.17, 15) is 18.0 Å². The quantitative estimate of drug-likeness (QED) is 0.663. The average molecular weight is 429 g/mol. The highest BCUT2D eigenvalue weighted by Gasteiger charge is 2.45. The van der Waals surface area contributed by atoms with E-state index in [1.165, 1.54) is 23.3 Å². The topological polar surface area (TPSA) is 52.6 Å². The Hall–Kier alpha value is -2.41. The van der Waals surface area contributed by atoms with Crippen molar-refractivity contribution in [1.29, 1.82) is 0 Å². The molecule has 3 rings (SSSR count). The molecule has 0 aromatic heterocycles. The van der Waals surface area contributed by atoms with Crippen molar-refractivity contribution >= 4 is 24.2 Å². The van der Waals surface area contributed by atoms with Crippen LogP contribution >= 0.6 is 12.4 Å². The number of nitrogens with one attached hydrogen (secondary N) is 1. The van der Waals surface area contributed by atoms with Gasteiger partial charge in [0, 0.05) is 24.2 Å². The van der Waals surface area contributed by atoms with Gasteiger partial charge < -0.3 is 10.4 Å². The Bertz CT molecular complexity index is 869. The molecular weight excluding hydrogens is 405 g/mol. The first kappa shape index (κ1) is 22.9. The second-order valence-corrected chi connectivity index (χ2v) is 7.74. The first-order chi connectivity index (χ1) is 13.0. The number of carboxylic acid groups (broad SMARTS) is 1. The summed E-state index contributed by atoms with van der Waals surface area (Å²) in [7, 11) is 0.922.